The molecule has 0 N–H and O–H groups in total. The molecule has 5 nitrogen and oxygen atoms in total. The Morgan fingerprint density at radius 2 is 1.71 bits per heavy atom. The standard InChI is InChI=1S/C30H34N2O3/c1-34-29-18-24(13-14-28(29)35-22-23-8-3-2-4-9-23)19-31-16-7-12-27(20-31)30(33)32-17-15-25-10-5-6-11-26(25)21-32/h2-6,8-11,13-14,18,27H,7,12,15-17,19-22H2,1H3/t27-/m1/s1. The minimum absolute atomic E-state index is 0.0735. The van der Waals surface area contributed by atoms with E-state index in [2.05, 4.69) is 58.3 Å². The van der Waals surface area contributed by atoms with E-state index in [0.29, 0.717) is 12.5 Å². The topological polar surface area (TPSA) is 42.0 Å². The Labute approximate surface area is 208 Å². The maximum absolute atomic E-state index is 13.4. The zero-order valence-electron chi connectivity index (χ0n) is 20.5. The van der Waals surface area contributed by atoms with Crippen LogP contribution in [0.2, 0.25) is 0 Å². The molecule has 1 fully saturated rings. The molecule has 3 aromatic carbocycles. The number of benzene rings is 3. The monoisotopic (exact) mass is 470 g/mol. The fraction of sp³-hybridized carbons (Fsp3) is 0.367. The molecule has 1 saturated heterocycles. The summed E-state index contributed by atoms with van der Waals surface area (Å²) in [5.41, 5.74) is 4.97. The van der Waals surface area contributed by atoms with Gasteiger partial charge >= 0.3 is 0 Å². The summed E-state index contributed by atoms with van der Waals surface area (Å²) >= 11 is 0. The lowest BCUT2D eigenvalue weighted by atomic mass is 9.93. The molecule has 5 rings (SSSR count). The fourth-order valence-electron chi connectivity index (χ4n) is 5.27. The maximum Gasteiger partial charge on any atom is 0.227 e. The van der Waals surface area contributed by atoms with Crippen molar-refractivity contribution in [2.45, 2.75) is 39.0 Å². The van der Waals surface area contributed by atoms with Crippen molar-refractivity contribution in [3.8, 4) is 11.5 Å². The molecule has 0 saturated carbocycles. The zero-order chi connectivity index (χ0) is 24.0. The predicted molar refractivity (Wildman–Crippen MR) is 137 cm³/mol. The first-order chi connectivity index (χ1) is 17.2. The molecule has 0 unspecified atom stereocenters. The minimum atomic E-state index is 0.0735. The van der Waals surface area contributed by atoms with Crippen molar-refractivity contribution >= 4 is 5.91 Å². The second-order valence-corrected chi connectivity index (χ2v) is 9.61. The van der Waals surface area contributed by atoms with Crippen molar-refractivity contribution < 1.29 is 14.3 Å². The number of carbonyl (C=O) groups excluding carboxylic acids is 1. The van der Waals surface area contributed by atoms with Gasteiger partial charge in [0.05, 0.1) is 13.0 Å². The molecule has 1 atom stereocenters. The van der Waals surface area contributed by atoms with Crippen LogP contribution in [0.1, 0.15) is 35.1 Å². The molecule has 0 radical (unpaired) electrons. The van der Waals surface area contributed by atoms with Gasteiger partial charge in [0.15, 0.2) is 11.5 Å². The number of ether oxygens (including phenoxy) is 2. The Hall–Kier alpha value is -3.31. The third-order valence-electron chi connectivity index (χ3n) is 7.17. The van der Waals surface area contributed by atoms with E-state index < -0.39 is 0 Å². The van der Waals surface area contributed by atoms with Gasteiger partial charge in [0.1, 0.15) is 6.61 Å². The first-order valence-corrected chi connectivity index (χ1v) is 12.6. The van der Waals surface area contributed by atoms with Crippen molar-refractivity contribution in [3.63, 3.8) is 0 Å². The maximum atomic E-state index is 13.4. The van der Waals surface area contributed by atoms with Crippen LogP contribution >= 0.6 is 0 Å². The number of rotatable bonds is 7. The number of piperidine rings is 1. The number of likely N-dealkylation sites (tertiary alicyclic amines) is 1. The highest BCUT2D eigenvalue weighted by Gasteiger charge is 2.31. The molecule has 35 heavy (non-hydrogen) atoms. The van der Waals surface area contributed by atoms with Gasteiger partial charge in [0, 0.05) is 26.2 Å². The van der Waals surface area contributed by atoms with Gasteiger partial charge in [0.2, 0.25) is 5.91 Å². The Kier molecular flexibility index (Phi) is 7.34. The fourth-order valence-corrected chi connectivity index (χ4v) is 5.27. The normalized spacial score (nSPS) is 18.1. The largest absolute Gasteiger partial charge is 0.493 e. The van der Waals surface area contributed by atoms with Gasteiger partial charge in [-0.2, -0.15) is 0 Å². The van der Waals surface area contributed by atoms with Gasteiger partial charge in [-0.05, 0) is 60.2 Å². The van der Waals surface area contributed by atoms with Crippen molar-refractivity contribution in [1.82, 2.24) is 9.80 Å². The van der Waals surface area contributed by atoms with Crippen LogP contribution < -0.4 is 9.47 Å². The molecule has 2 heterocycles. The molecule has 2 aliphatic rings. The Morgan fingerprint density at radius 3 is 2.54 bits per heavy atom. The Bertz CT molecular complexity index is 1150. The average Bonchev–Trinajstić information content (AvgIpc) is 2.92. The number of nitrogens with zero attached hydrogens (tertiary/aromatic N) is 2. The average molecular weight is 471 g/mol. The molecular weight excluding hydrogens is 436 g/mol. The summed E-state index contributed by atoms with van der Waals surface area (Å²) in [6.45, 7) is 4.71. The summed E-state index contributed by atoms with van der Waals surface area (Å²) in [5, 5.41) is 0. The molecule has 2 aliphatic heterocycles. The van der Waals surface area contributed by atoms with E-state index in [1.54, 1.807) is 7.11 Å². The van der Waals surface area contributed by atoms with E-state index in [0.717, 1.165) is 69.0 Å². The molecule has 0 spiro atoms. The van der Waals surface area contributed by atoms with E-state index in [1.807, 2.05) is 24.3 Å². The molecule has 182 valence electrons. The van der Waals surface area contributed by atoms with Crippen LogP contribution in [0.4, 0.5) is 0 Å². The summed E-state index contributed by atoms with van der Waals surface area (Å²) in [6.07, 6.45) is 2.98. The second kappa shape index (κ2) is 11.0. The van der Waals surface area contributed by atoms with Crippen molar-refractivity contribution in [2.24, 2.45) is 5.92 Å². The molecular formula is C30H34N2O3. The van der Waals surface area contributed by atoms with Gasteiger partial charge in [0.25, 0.3) is 0 Å². The summed E-state index contributed by atoms with van der Waals surface area (Å²) in [6, 6.07) is 24.8. The summed E-state index contributed by atoms with van der Waals surface area (Å²) in [5.74, 6) is 1.88. The van der Waals surface area contributed by atoms with Crippen LogP contribution in [0.5, 0.6) is 11.5 Å². The van der Waals surface area contributed by atoms with Gasteiger partial charge in [-0.3, -0.25) is 9.69 Å². The van der Waals surface area contributed by atoms with E-state index in [-0.39, 0.29) is 5.92 Å². The Morgan fingerprint density at radius 1 is 0.914 bits per heavy atom. The van der Waals surface area contributed by atoms with E-state index in [1.165, 1.54) is 16.7 Å². The summed E-state index contributed by atoms with van der Waals surface area (Å²) in [4.78, 5) is 17.8. The lowest BCUT2D eigenvalue weighted by Crippen LogP contribution is -2.46. The number of carbonyl (C=O) groups is 1. The third-order valence-corrected chi connectivity index (χ3v) is 7.17. The molecule has 1 amide bonds. The second-order valence-electron chi connectivity index (χ2n) is 9.61. The van der Waals surface area contributed by atoms with E-state index >= 15 is 0 Å². The van der Waals surface area contributed by atoms with E-state index in [4.69, 9.17) is 9.47 Å². The van der Waals surface area contributed by atoms with Gasteiger partial charge in [-0.25, -0.2) is 0 Å². The molecule has 5 heteroatoms. The molecule has 0 aromatic heterocycles. The van der Waals surface area contributed by atoms with Gasteiger partial charge in [-0.1, -0.05) is 60.7 Å². The summed E-state index contributed by atoms with van der Waals surface area (Å²) in [7, 11) is 1.68. The van der Waals surface area contributed by atoms with Crippen LogP contribution in [-0.2, 0) is 30.9 Å². The first-order valence-electron chi connectivity index (χ1n) is 12.6. The number of amides is 1. The number of hydrogen-bond acceptors (Lipinski definition) is 4. The number of hydrogen-bond donors (Lipinski definition) is 0. The zero-order valence-corrected chi connectivity index (χ0v) is 20.5. The third kappa shape index (κ3) is 5.68. The number of methoxy groups -OCH3 is 1. The molecule has 0 aliphatic carbocycles. The van der Waals surface area contributed by atoms with Crippen molar-refractivity contribution in [2.75, 3.05) is 26.7 Å². The quantitative estimate of drug-likeness (QED) is 0.483. The van der Waals surface area contributed by atoms with Crippen LogP contribution in [-0.4, -0.2) is 42.5 Å². The van der Waals surface area contributed by atoms with Gasteiger partial charge < -0.3 is 14.4 Å². The molecule has 3 aromatic rings. The van der Waals surface area contributed by atoms with Crippen LogP contribution in [0.15, 0.2) is 72.8 Å². The summed E-state index contributed by atoms with van der Waals surface area (Å²) < 4.78 is 11.6. The van der Waals surface area contributed by atoms with Crippen molar-refractivity contribution in [1.29, 1.82) is 0 Å². The minimum Gasteiger partial charge on any atom is -0.493 e. The van der Waals surface area contributed by atoms with Crippen LogP contribution in [0, 0.1) is 5.92 Å². The van der Waals surface area contributed by atoms with Crippen molar-refractivity contribution in [3.05, 3.63) is 95.1 Å². The highest BCUT2D eigenvalue weighted by atomic mass is 16.5. The first kappa shape index (κ1) is 23.4. The van der Waals surface area contributed by atoms with Crippen LogP contribution in [0.3, 0.4) is 0 Å². The smallest absolute Gasteiger partial charge is 0.227 e. The van der Waals surface area contributed by atoms with Crippen LogP contribution in [0.25, 0.3) is 0 Å². The highest BCUT2D eigenvalue weighted by molar-refractivity contribution is 5.79. The Balaban J connectivity index is 1.19. The SMILES string of the molecule is COc1cc(CN2CCC[C@@H](C(=O)N3CCc4ccccc4C3)C2)ccc1OCc1ccccc1. The lowest BCUT2D eigenvalue weighted by Gasteiger charge is -2.36. The highest BCUT2D eigenvalue weighted by Crippen LogP contribution is 2.30. The lowest BCUT2D eigenvalue weighted by molar-refractivity contribution is -0.138. The van der Waals surface area contributed by atoms with Gasteiger partial charge in [-0.15, -0.1) is 0 Å². The predicted octanol–water partition coefficient (Wildman–Crippen LogP) is 5.07. The number of fused-ring (bicyclic) bond motifs is 1. The van der Waals surface area contributed by atoms with E-state index in [9.17, 15) is 4.79 Å². The molecule has 0 bridgehead atoms.